The van der Waals surface area contributed by atoms with E-state index in [-0.39, 0.29) is 42.1 Å². The lowest BCUT2D eigenvalue weighted by molar-refractivity contribution is -0.131. The second-order valence-corrected chi connectivity index (χ2v) is 8.96. The summed E-state index contributed by atoms with van der Waals surface area (Å²) >= 11 is 0. The van der Waals surface area contributed by atoms with Gasteiger partial charge in [0.05, 0.1) is 23.9 Å². The zero-order valence-electron chi connectivity index (χ0n) is 18.3. The number of carbonyl (C=O) groups excluding carboxylic acids is 2. The zero-order valence-corrected chi connectivity index (χ0v) is 18.3. The predicted octanol–water partition coefficient (Wildman–Crippen LogP) is 3.90. The van der Waals surface area contributed by atoms with Gasteiger partial charge in [-0.2, -0.15) is 5.10 Å². The summed E-state index contributed by atoms with van der Waals surface area (Å²) in [4.78, 5) is 29.8. The average Bonchev–Trinajstić information content (AvgIpc) is 3.25. The van der Waals surface area contributed by atoms with Gasteiger partial charge in [0.2, 0.25) is 5.91 Å². The molecule has 1 aromatic heterocycles. The van der Waals surface area contributed by atoms with Crippen molar-refractivity contribution in [2.75, 3.05) is 13.1 Å². The molecule has 0 unspecified atom stereocenters. The molecule has 2 amide bonds. The van der Waals surface area contributed by atoms with Crippen molar-refractivity contribution in [2.45, 2.75) is 70.4 Å². The van der Waals surface area contributed by atoms with Crippen LogP contribution in [0.25, 0.3) is 0 Å². The van der Waals surface area contributed by atoms with Gasteiger partial charge in [0.25, 0.3) is 5.91 Å². The normalized spacial score (nSPS) is 22.5. The second-order valence-electron chi connectivity index (χ2n) is 8.96. The van der Waals surface area contributed by atoms with E-state index in [1.807, 2.05) is 4.90 Å². The lowest BCUT2D eigenvalue weighted by atomic mass is 9.90. The number of hydrogen-bond acceptors (Lipinski definition) is 3. The molecule has 2 aliphatic rings. The molecule has 2 atom stereocenters. The van der Waals surface area contributed by atoms with E-state index >= 15 is 0 Å². The van der Waals surface area contributed by atoms with Crippen LogP contribution in [0, 0.1) is 5.82 Å². The zero-order chi connectivity index (χ0) is 22.0. The van der Waals surface area contributed by atoms with Gasteiger partial charge in [-0.05, 0) is 57.6 Å². The smallest absolute Gasteiger partial charge is 0.257 e. The van der Waals surface area contributed by atoms with Crippen molar-refractivity contribution in [3.63, 3.8) is 0 Å². The molecule has 0 aliphatic carbocycles. The van der Waals surface area contributed by atoms with E-state index in [0.29, 0.717) is 24.2 Å². The van der Waals surface area contributed by atoms with Gasteiger partial charge in [0.15, 0.2) is 0 Å². The summed E-state index contributed by atoms with van der Waals surface area (Å²) in [6.45, 7) is 5.43. The minimum Gasteiger partial charge on any atom is -0.342 e. The molecule has 1 aromatic carbocycles. The van der Waals surface area contributed by atoms with Crippen LogP contribution in [0.3, 0.4) is 0 Å². The Morgan fingerprint density at radius 2 is 1.77 bits per heavy atom. The van der Waals surface area contributed by atoms with E-state index in [1.54, 1.807) is 29.3 Å². The minimum absolute atomic E-state index is 0.0552. The number of nitrogens with one attached hydrogen (secondary N) is 1. The van der Waals surface area contributed by atoms with Crippen LogP contribution >= 0.6 is 0 Å². The van der Waals surface area contributed by atoms with Gasteiger partial charge in [-0.3, -0.25) is 14.7 Å². The Morgan fingerprint density at radius 3 is 2.45 bits per heavy atom. The maximum Gasteiger partial charge on any atom is 0.257 e. The largest absolute Gasteiger partial charge is 0.342 e. The molecular weight excluding hydrogens is 395 g/mol. The van der Waals surface area contributed by atoms with Crippen LogP contribution < -0.4 is 0 Å². The van der Waals surface area contributed by atoms with Gasteiger partial charge in [-0.15, -0.1) is 0 Å². The maximum atomic E-state index is 13.9. The fourth-order valence-corrected chi connectivity index (χ4v) is 5.07. The molecule has 6 nitrogen and oxygen atoms in total. The van der Waals surface area contributed by atoms with Gasteiger partial charge >= 0.3 is 0 Å². The fraction of sp³-hybridized carbons (Fsp3) is 0.542. The molecule has 0 radical (unpaired) electrons. The van der Waals surface area contributed by atoms with Crippen molar-refractivity contribution in [2.24, 2.45) is 0 Å². The summed E-state index contributed by atoms with van der Waals surface area (Å²) in [5.74, 6) is -0.177. The van der Waals surface area contributed by atoms with Crippen LogP contribution in [-0.2, 0) is 11.2 Å². The molecule has 1 N–H and O–H groups in total. The maximum absolute atomic E-state index is 13.9. The number of benzene rings is 1. The number of aromatic nitrogens is 2. The highest BCUT2D eigenvalue weighted by Crippen LogP contribution is 2.32. The van der Waals surface area contributed by atoms with Crippen LogP contribution in [0.15, 0.2) is 30.5 Å². The average molecular weight is 427 g/mol. The van der Waals surface area contributed by atoms with E-state index in [0.717, 1.165) is 37.8 Å². The topological polar surface area (TPSA) is 69.3 Å². The molecule has 0 bridgehead atoms. The molecule has 2 saturated heterocycles. The standard InChI is InChI=1S/C24H31FN4O2/c1-16-6-5-7-17(2)29(16)24(31)20-15-26-27-23(20)18-10-12-28(13-11-18)22(30)14-19-8-3-4-9-21(19)25/h3-4,8-9,15-18H,5-7,10-14H2,1-2H3,(H,26,27)/t16-,17-/m1/s1. The molecule has 2 fully saturated rings. The third kappa shape index (κ3) is 4.50. The Labute approximate surface area is 182 Å². The van der Waals surface area contributed by atoms with Gasteiger partial charge in [0, 0.05) is 31.1 Å². The van der Waals surface area contributed by atoms with Crippen molar-refractivity contribution in [3.8, 4) is 0 Å². The highest BCUT2D eigenvalue weighted by molar-refractivity contribution is 5.95. The molecule has 31 heavy (non-hydrogen) atoms. The summed E-state index contributed by atoms with van der Waals surface area (Å²) in [6, 6.07) is 6.89. The summed E-state index contributed by atoms with van der Waals surface area (Å²) in [6.07, 6.45) is 6.48. The Balaban J connectivity index is 1.40. The van der Waals surface area contributed by atoms with Crippen LogP contribution in [-0.4, -0.2) is 57.0 Å². The van der Waals surface area contributed by atoms with Gasteiger partial charge in [0.1, 0.15) is 5.82 Å². The van der Waals surface area contributed by atoms with E-state index in [4.69, 9.17) is 0 Å². The lowest BCUT2D eigenvalue weighted by Crippen LogP contribution is -2.47. The number of amides is 2. The number of likely N-dealkylation sites (tertiary alicyclic amines) is 2. The molecule has 0 spiro atoms. The monoisotopic (exact) mass is 426 g/mol. The number of H-pyrrole nitrogens is 1. The Bertz CT molecular complexity index is 925. The molecule has 0 saturated carbocycles. The van der Waals surface area contributed by atoms with Crippen molar-refractivity contribution in [1.82, 2.24) is 20.0 Å². The van der Waals surface area contributed by atoms with Gasteiger partial charge in [-0.25, -0.2) is 4.39 Å². The SMILES string of the molecule is C[C@@H]1CCC[C@@H](C)N1C(=O)c1cn[nH]c1C1CCN(C(=O)Cc2ccccc2F)CC1. The first kappa shape index (κ1) is 21.5. The molecule has 7 heteroatoms. The van der Waals surface area contributed by atoms with Gasteiger partial charge < -0.3 is 9.80 Å². The van der Waals surface area contributed by atoms with E-state index < -0.39 is 0 Å². The lowest BCUT2D eigenvalue weighted by Gasteiger charge is -2.39. The first-order chi connectivity index (χ1) is 15.0. The number of piperidine rings is 2. The highest BCUT2D eigenvalue weighted by Gasteiger charge is 2.34. The minimum atomic E-state index is -0.340. The quantitative estimate of drug-likeness (QED) is 0.806. The number of halogens is 1. The van der Waals surface area contributed by atoms with E-state index in [2.05, 4.69) is 24.0 Å². The summed E-state index contributed by atoms with van der Waals surface area (Å²) < 4.78 is 13.9. The highest BCUT2D eigenvalue weighted by atomic mass is 19.1. The van der Waals surface area contributed by atoms with E-state index in [1.165, 1.54) is 6.07 Å². The van der Waals surface area contributed by atoms with E-state index in [9.17, 15) is 14.0 Å². The number of aromatic amines is 1. The summed E-state index contributed by atoms with van der Waals surface area (Å²) in [5.41, 5.74) is 1.98. The first-order valence-electron chi connectivity index (χ1n) is 11.3. The summed E-state index contributed by atoms with van der Waals surface area (Å²) in [5, 5.41) is 7.25. The van der Waals surface area contributed by atoms with Crippen LogP contribution in [0.5, 0.6) is 0 Å². The van der Waals surface area contributed by atoms with Crippen LogP contribution in [0.4, 0.5) is 4.39 Å². The van der Waals surface area contributed by atoms with Crippen molar-refractivity contribution < 1.29 is 14.0 Å². The molecule has 3 heterocycles. The second kappa shape index (κ2) is 9.20. The number of nitrogens with zero attached hydrogens (tertiary/aromatic N) is 3. The molecular formula is C24H31FN4O2. The van der Waals surface area contributed by atoms with Gasteiger partial charge in [-0.1, -0.05) is 18.2 Å². The molecule has 166 valence electrons. The van der Waals surface area contributed by atoms with Crippen molar-refractivity contribution >= 4 is 11.8 Å². The Kier molecular flexibility index (Phi) is 6.39. The summed E-state index contributed by atoms with van der Waals surface area (Å²) in [7, 11) is 0. The van der Waals surface area contributed by atoms with Crippen LogP contribution in [0.1, 0.15) is 73.5 Å². The number of rotatable bonds is 4. The van der Waals surface area contributed by atoms with Crippen molar-refractivity contribution in [1.29, 1.82) is 0 Å². The Hall–Kier alpha value is -2.70. The number of hydrogen-bond donors (Lipinski definition) is 1. The number of carbonyl (C=O) groups is 2. The van der Waals surface area contributed by atoms with Crippen LogP contribution in [0.2, 0.25) is 0 Å². The molecule has 2 aliphatic heterocycles. The molecule has 4 rings (SSSR count). The fourth-order valence-electron chi connectivity index (χ4n) is 5.07. The first-order valence-corrected chi connectivity index (χ1v) is 11.3. The third-order valence-electron chi connectivity index (χ3n) is 6.88. The Morgan fingerprint density at radius 1 is 1.10 bits per heavy atom. The predicted molar refractivity (Wildman–Crippen MR) is 116 cm³/mol. The third-order valence-corrected chi connectivity index (χ3v) is 6.88. The molecule has 2 aromatic rings. The van der Waals surface area contributed by atoms with Crippen molar-refractivity contribution in [3.05, 3.63) is 53.1 Å².